The van der Waals surface area contributed by atoms with Crippen molar-refractivity contribution in [3.8, 4) is 5.82 Å². The normalized spacial score (nSPS) is 12.7. The number of aliphatic hydroxyl groups excluding tert-OH is 1. The van der Waals surface area contributed by atoms with Crippen LogP contribution in [0.1, 0.15) is 18.6 Å². The first-order chi connectivity index (χ1) is 6.77. The van der Waals surface area contributed by atoms with E-state index in [-0.39, 0.29) is 0 Å². The van der Waals surface area contributed by atoms with Crippen LogP contribution in [0.3, 0.4) is 0 Å². The van der Waals surface area contributed by atoms with Gasteiger partial charge in [-0.1, -0.05) is 0 Å². The largest absolute Gasteiger partial charge is 0.389 e. The Bertz CT molecular complexity index is 409. The predicted octanol–water partition coefficient (Wildman–Crippen LogP) is 1.32. The van der Waals surface area contributed by atoms with Crippen molar-refractivity contribution in [1.82, 2.24) is 14.8 Å². The molecule has 0 aliphatic rings. The van der Waals surface area contributed by atoms with Crippen LogP contribution in [0.5, 0.6) is 0 Å². The lowest BCUT2D eigenvalue weighted by atomic mass is 10.2. The van der Waals surface area contributed by atoms with Gasteiger partial charge in [-0.25, -0.2) is 9.67 Å². The van der Waals surface area contributed by atoms with E-state index in [1.807, 2.05) is 18.3 Å². The summed E-state index contributed by atoms with van der Waals surface area (Å²) in [5, 5.41) is 13.4. The molecule has 2 aromatic rings. The molecule has 0 unspecified atom stereocenters. The molecule has 14 heavy (non-hydrogen) atoms. The van der Waals surface area contributed by atoms with Gasteiger partial charge in [-0.05, 0) is 30.7 Å². The summed E-state index contributed by atoms with van der Waals surface area (Å²) in [6, 6.07) is 5.44. The third-order valence-electron chi connectivity index (χ3n) is 1.99. The Kier molecular flexibility index (Phi) is 2.28. The van der Waals surface area contributed by atoms with Gasteiger partial charge in [0.25, 0.3) is 0 Å². The Morgan fingerprint density at radius 1 is 1.43 bits per heavy atom. The van der Waals surface area contributed by atoms with E-state index in [0.29, 0.717) is 5.82 Å². The minimum absolute atomic E-state index is 0.479. The van der Waals surface area contributed by atoms with Crippen LogP contribution in [-0.2, 0) is 0 Å². The highest BCUT2D eigenvalue weighted by Gasteiger charge is 2.03. The predicted molar refractivity (Wildman–Crippen MR) is 52.0 cm³/mol. The van der Waals surface area contributed by atoms with Crippen LogP contribution >= 0.6 is 0 Å². The van der Waals surface area contributed by atoms with E-state index in [1.165, 1.54) is 0 Å². The second kappa shape index (κ2) is 3.59. The molecular formula is C10H11N3O. The average Bonchev–Trinajstić information content (AvgIpc) is 2.71. The fourth-order valence-electron chi connectivity index (χ4n) is 1.22. The molecule has 0 spiro atoms. The lowest BCUT2D eigenvalue weighted by Crippen LogP contribution is -2.00. The van der Waals surface area contributed by atoms with Crippen LogP contribution in [0.15, 0.2) is 36.8 Å². The number of nitrogens with zero attached hydrogens (tertiary/aromatic N) is 3. The molecule has 72 valence electrons. The van der Waals surface area contributed by atoms with Crippen molar-refractivity contribution in [3.05, 3.63) is 42.4 Å². The monoisotopic (exact) mass is 189 g/mol. The van der Waals surface area contributed by atoms with Gasteiger partial charge in [-0.3, -0.25) is 0 Å². The molecule has 0 bridgehead atoms. The smallest absolute Gasteiger partial charge is 0.153 e. The van der Waals surface area contributed by atoms with Gasteiger partial charge in [0.05, 0.1) is 6.10 Å². The lowest BCUT2D eigenvalue weighted by molar-refractivity contribution is 0.199. The molecule has 4 nitrogen and oxygen atoms in total. The Labute approximate surface area is 81.8 Å². The van der Waals surface area contributed by atoms with Gasteiger partial charge in [0.2, 0.25) is 0 Å². The standard InChI is InChI=1S/C10H11N3O/c1-8(14)9-3-5-11-10(7-9)13-6-2-4-12-13/h2-8,14H,1H3/t8-/m1/s1. The molecule has 2 heterocycles. The summed E-state index contributed by atoms with van der Waals surface area (Å²) in [5.41, 5.74) is 0.838. The van der Waals surface area contributed by atoms with Gasteiger partial charge in [0.15, 0.2) is 5.82 Å². The van der Waals surface area contributed by atoms with E-state index in [4.69, 9.17) is 0 Å². The molecule has 0 saturated carbocycles. The summed E-state index contributed by atoms with van der Waals surface area (Å²) in [4.78, 5) is 4.15. The number of aromatic nitrogens is 3. The SMILES string of the molecule is C[C@@H](O)c1ccnc(-n2cccn2)c1. The van der Waals surface area contributed by atoms with Gasteiger partial charge in [-0.15, -0.1) is 0 Å². The van der Waals surface area contributed by atoms with Crippen LogP contribution in [0.2, 0.25) is 0 Å². The Morgan fingerprint density at radius 2 is 2.29 bits per heavy atom. The first kappa shape index (κ1) is 8.90. The van der Waals surface area contributed by atoms with Gasteiger partial charge in [0.1, 0.15) is 0 Å². The Balaban J connectivity index is 2.41. The fourth-order valence-corrected chi connectivity index (χ4v) is 1.22. The number of aliphatic hydroxyl groups is 1. The zero-order chi connectivity index (χ0) is 9.97. The molecule has 0 aliphatic heterocycles. The minimum Gasteiger partial charge on any atom is -0.389 e. The Hall–Kier alpha value is -1.68. The molecule has 0 radical (unpaired) electrons. The highest BCUT2D eigenvalue weighted by molar-refractivity contribution is 5.27. The minimum atomic E-state index is -0.479. The maximum Gasteiger partial charge on any atom is 0.153 e. The van der Waals surface area contributed by atoms with E-state index in [2.05, 4.69) is 10.1 Å². The maximum atomic E-state index is 9.39. The highest BCUT2D eigenvalue weighted by atomic mass is 16.3. The van der Waals surface area contributed by atoms with Crippen LogP contribution in [0.25, 0.3) is 5.82 Å². The van der Waals surface area contributed by atoms with E-state index < -0.39 is 6.10 Å². The van der Waals surface area contributed by atoms with Gasteiger partial charge in [-0.2, -0.15) is 5.10 Å². The van der Waals surface area contributed by atoms with Gasteiger partial charge >= 0.3 is 0 Å². The molecule has 1 N–H and O–H groups in total. The molecule has 1 atom stereocenters. The summed E-state index contributed by atoms with van der Waals surface area (Å²) in [7, 11) is 0. The number of pyridine rings is 1. The molecule has 2 rings (SSSR count). The summed E-state index contributed by atoms with van der Waals surface area (Å²) in [6.45, 7) is 1.72. The average molecular weight is 189 g/mol. The van der Waals surface area contributed by atoms with Crippen molar-refractivity contribution in [1.29, 1.82) is 0 Å². The lowest BCUT2D eigenvalue weighted by Gasteiger charge is -2.06. The first-order valence-corrected chi connectivity index (χ1v) is 4.41. The van der Waals surface area contributed by atoms with Crippen molar-refractivity contribution in [2.24, 2.45) is 0 Å². The number of rotatable bonds is 2. The van der Waals surface area contributed by atoms with Crippen molar-refractivity contribution in [3.63, 3.8) is 0 Å². The highest BCUT2D eigenvalue weighted by Crippen LogP contribution is 2.13. The van der Waals surface area contributed by atoms with Crippen molar-refractivity contribution in [2.45, 2.75) is 13.0 Å². The molecule has 0 amide bonds. The van der Waals surface area contributed by atoms with Crippen LogP contribution in [0.4, 0.5) is 0 Å². The summed E-state index contributed by atoms with van der Waals surface area (Å²) < 4.78 is 1.66. The third-order valence-corrected chi connectivity index (χ3v) is 1.99. The molecule has 0 aromatic carbocycles. The van der Waals surface area contributed by atoms with Crippen LogP contribution in [0, 0.1) is 0 Å². The fraction of sp³-hybridized carbons (Fsp3) is 0.200. The molecule has 0 aliphatic carbocycles. The van der Waals surface area contributed by atoms with E-state index in [9.17, 15) is 5.11 Å². The molecule has 4 heteroatoms. The molecule has 0 saturated heterocycles. The summed E-state index contributed by atoms with van der Waals surface area (Å²) >= 11 is 0. The Morgan fingerprint density at radius 3 is 2.93 bits per heavy atom. The molecule has 0 fully saturated rings. The quantitative estimate of drug-likeness (QED) is 0.775. The molecular weight excluding hydrogens is 178 g/mol. The third kappa shape index (κ3) is 1.65. The van der Waals surface area contributed by atoms with Gasteiger partial charge < -0.3 is 5.11 Å². The summed E-state index contributed by atoms with van der Waals surface area (Å²) in [5.74, 6) is 0.716. The van der Waals surface area contributed by atoms with E-state index >= 15 is 0 Å². The molecule has 2 aromatic heterocycles. The number of hydrogen-bond donors (Lipinski definition) is 1. The van der Waals surface area contributed by atoms with Crippen LogP contribution in [-0.4, -0.2) is 19.9 Å². The zero-order valence-corrected chi connectivity index (χ0v) is 7.83. The van der Waals surface area contributed by atoms with Crippen LogP contribution < -0.4 is 0 Å². The van der Waals surface area contributed by atoms with Crippen molar-refractivity contribution < 1.29 is 5.11 Å². The van der Waals surface area contributed by atoms with Crippen molar-refractivity contribution >= 4 is 0 Å². The first-order valence-electron chi connectivity index (χ1n) is 4.41. The zero-order valence-electron chi connectivity index (χ0n) is 7.83. The second-order valence-electron chi connectivity index (χ2n) is 3.07. The second-order valence-corrected chi connectivity index (χ2v) is 3.07. The number of hydrogen-bond acceptors (Lipinski definition) is 3. The summed E-state index contributed by atoms with van der Waals surface area (Å²) in [6.07, 6.45) is 4.69. The topological polar surface area (TPSA) is 50.9 Å². The van der Waals surface area contributed by atoms with E-state index in [0.717, 1.165) is 5.56 Å². The van der Waals surface area contributed by atoms with Gasteiger partial charge in [0, 0.05) is 18.6 Å². The van der Waals surface area contributed by atoms with Crippen molar-refractivity contribution in [2.75, 3.05) is 0 Å². The van der Waals surface area contributed by atoms with E-state index in [1.54, 1.807) is 30.1 Å². The maximum absolute atomic E-state index is 9.39.